The second-order valence-electron chi connectivity index (χ2n) is 5.79. The lowest BCUT2D eigenvalue weighted by Crippen LogP contribution is -2.41. The number of sulfonamides is 1. The Morgan fingerprint density at radius 2 is 1.76 bits per heavy atom. The van der Waals surface area contributed by atoms with E-state index >= 15 is 0 Å². The number of pyridine rings is 1. The molecule has 3 rings (SSSR count). The molecule has 1 fully saturated rings. The van der Waals surface area contributed by atoms with Crippen molar-refractivity contribution in [3.05, 3.63) is 70.7 Å². The van der Waals surface area contributed by atoms with Crippen molar-refractivity contribution in [1.82, 2.24) is 8.87 Å². The summed E-state index contributed by atoms with van der Waals surface area (Å²) in [5, 5.41) is 0. The summed E-state index contributed by atoms with van der Waals surface area (Å²) in [7, 11) is -3.62. The van der Waals surface area contributed by atoms with Crippen LogP contribution in [0.5, 0.6) is 0 Å². The molecule has 0 bridgehead atoms. The van der Waals surface area contributed by atoms with E-state index in [0.717, 1.165) is 11.1 Å². The zero-order chi connectivity index (χ0) is 17.9. The highest BCUT2D eigenvalue weighted by Crippen LogP contribution is 2.16. The van der Waals surface area contributed by atoms with E-state index in [1.165, 1.54) is 27.2 Å². The smallest absolute Gasteiger partial charge is 0.250 e. The Kier molecular flexibility index (Phi) is 5.17. The van der Waals surface area contributed by atoms with E-state index in [2.05, 4.69) is 6.58 Å². The normalized spacial score (nSPS) is 15.8. The Morgan fingerprint density at radius 3 is 2.40 bits per heavy atom. The number of rotatable bonds is 5. The van der Waals surface area contributed by atoms with Gasteiger partial charge in [-0.3, -0.25) is 4.79 Å². The Morgan fingerprint density at radius 1 is 1.08 bits per heavy atom. The summed E-state index contributed by atoms with van der Waals surface area (Å²) in [4.78, 5) is 12.2. The van der Waals surface area contributed by atoms with Crippen LogP contribution in [0.1, 0.15) is 11.1 Å². The first kappa shape index (κ1) is 17.6. The lowest BCUT2D eigenvalue weighted by Gasteiger charge is -2.26. The number of aromatic nitrogens is 1. The quantitative estimate of drug-likeness (QED) is 0.811. The van der Waals surface area contributed by atoms with Gasteiger partial charge in [-0.1, -0.05) is 36.9 Å². The van der Waals surface area contributed by atoms with E-state index in [9.17, 15) is 13.2 Å². The van der Waals surface area contributed by atoms with Gasteiger partial charge in [0.25, 0.3) is 5.56 Å². The maximum absolute atomic E-state index is 12.7. The maximum atomic E-state index is 12.7. The lowest BCUT2D eigenvalue weighted by molar-refractivity contribution is 0.0730. The van der Waals surface area contributed by atoms with Crippen LogP contribution in [0.4, 0.5) is 0 Å². The van der Waals surface area contributed by atoms with Crippen LogP contribution in [-0.4, -0.2) is 43.6 Å². The molecule has 0 saturated carbocycles. The van der Waals surface area contributed by atoms with E-state index in [1.807, 2.05) is 24.3 Å². The fraction of sp³-hybridized carbons (Fsp3) is 0.278. The predicted octanol–water partition coefficient (Wildman–Crippen LogP) is 1.56. The van der Waals surface area contributed by atoms with Crippen LogP contribution in [0, 0.1) is 0 Å². The van der Waals surface area contributed by atoms with Crippen molar-refractivity contribution in [2.45, 2.75) is 11.4 Å². The van der Waals surface area contributed by atoms with Gasteiger partial charge in [-0.2, -0.15) is 4.31 Å². The summed E-state index contributed by atoms with van der Waals surface area (Å²) in [5.41, 5.74) is 1.65. The number of hydrogen-bond donors (Lipinski definition) is 0. The molecule has 0 atom stereocenters. The first-order chi connectivity index (χ1) is 12.0. The van der Waals surface area contributed by atoms with Gasteiger partial charge in [0.2, 0.25) is 10.0 Å². The van der Waals surface area contributed by atoms with E-state index in [-0.39, 0.29) is 10.5 Å². The van der Waals surface area contributed by atoms with Crippen LogP contribution in [0.15, 0.2) is 58.9 Å². The molecule has 2 aromatic rings. The van der Waals surface area contributed by atoms with Crippen molar-refractivity contribution in [2.75, 3.05) is 26.3 Å². The number of morpholine rings is 1. The van der Waals surface area contributed by atoms with Gasteiger partial charge in [0.15, 0.2) is 0 Å². The summed E-state index contributed by atoms with van der Waals surface area (Å²) in [5.74, 6) is 0. The van der Waals surface area contributed by atoms with E-state index in [4.69, 9.17) is 4.74 Å². The predicted molar refractivity (Wildman–Crippen MR) is 95.9 cm³/mol. The highest BCUT2D eigenvalue weighted by atomic mass is 32.2. The van der Waals surface area contributed by atoms with Crippen LogP contribution in [0.2, 0.25) is 0 Å². The van der Waals surface area contributed by atoms with E-state index in [1.54, 1.807) is 6.08 Å². The SMILES string of the molecule is C=Cc1ccc(Cn2cc(S(=O)(=O)N3CCOCC3)ccc2=O)cc1. The molecule has 2 heterocycles. The lowest BCUT2D eigenvalue weighted by atomic mass is 10.1. The third-order valence-electron chi connectivity index (χ3n) is 4.13. The molecular formula is C18H20N2O4S. The molecule has 1 aromatic heterocycles. The van der Waals surface area contributed by atoms with Gasteiger partial charge in [0.05, 0.1) is 24.7 Å². The van der Waals surface area contributed by atoms with Gasteiger partial charge in [-0.25, -0.2) is 8.42 Å². The van der Waals surface area contributed by atoms with Crippen molar-refractivity contribution < 1.29 is 13.2 Å². The number of benzene rings is 1. The molecule has 0 aliphatic carbocycles. The van der Waals surface area contributed by atoms with Crippen molar-refractivity contribution in [3.63, 3.8) is 0 Å². The average molecular weight is 360 g/mol. The summed E-state index contributed by atoms with van der Waals surface area (Å²) in [6, 6.07) is 10.3. The molecule has 0 N–H and O–H groups in total. The molecule has 25 heavy (non-hydrogen) atoms. The van der Waals surface area contributed by atoms with Gasteiger partial charge in [0.1, 0.15) is 0 Å². The Hall–Kier alpha value is -2.22. The maximum Gasteiger partial charge on any atom is 0.250 e. The molecule has 0 amide bonds. The Balaban J connectivity index is 1.89. The Labute approximate surface area is 147 Å². The van der Waals surface area contributed by atoms with Gasteiger partial charge in [-0.05, 0) is 17.2 Å². The van der Waals surface area contributed by atoms with Crippen molar-refractivity contribution in [2.24, 2.45) is 0 Å². The third kappa shape index (κ3) is 3.89. The molecular weight excluding hydrogens is 340 g/mol. The highest BCUT2D eigenvalue weighted by Gasteiger charge is 2.26. The standard InChI is InChI=1S/C18H20N2O4S/c1-2-15-3-5-16(6-4-15)13-19-14-17(7-8-18(19)21)25(22,23)20-9-11-24-12-10-20/h2-8,14H,1,9-13H2. The molecule has 0 unspecified atom stereocenters. The van der Waals surface area contributed by atoms with Gasteiger partial charge >= 0.3 is 0 Å². The van der Waals surface area contributed by atoms with Gasteiger partial charge in [0, 0.05) is 25.4 Å². The van der Waals surface area contributed by atoms with Crippen LogP contribution < -0.4 is 5.56 Å². The minimum absolute atomic E-state index is 0.122. The molecule has 1 aromatic carbocycles. The zero-order valence-corrected chi connectivity index (χ0v) is 14.6. The minimum Gasteiger partial charge on any atom is -0.379 e. The molecule has 1 aliphatic rings. The average Bonchev–Trinajstić information content (AvgIpc) is 2.64. The molecule has 1 saturated heterocycles. The summed E-state index contributed by atoms with van der Waals surface area (Å²) < 4.78 is 33.5. The number of nitrogens with zero attached hydrogens (tertiary/aromatic N) is 2. The van der Waals surface area contributed by atoms with E-state index < -0.39 is 10.0 Å². The molecule has 132 valence electrons. The van der Waals surface area contributed by atoms with Crippen molar-refractivity contribution >= 4 is 16.1 Å². The molecule has 0 radical (unpaired) electrons. The topological polar surface area (TPSA) is 68.6 Å². The monoisotopic (exact) mass is 360 g/mol. The second kappa shape index (κ2) is 7.35. The summed E-state index contributed by atoms with van der Waals surface area (Å²) in [6.07, 6.45) is 3.15. The van der Waals surface area contributed by atoms with Crippen molar-refractivity contribution in [3.8, 4) is 0 Å². The van der Waals surface area contributed by atoms with Gasteiger partial charge < -0.3 is 9.30 Å². The summed E-state index contributed by atoms with van der Waals surface area (Å²) in [6.45, 7) is 5.43. The van der Waals surface area contributed by atoms with E-state index in [0.29, 0.717) is 32.8 Å². The first-order valence-corrected chi connectivity index (χ1v) is 9.44. The first-order valence-electron chi connectivity index (χ1n) is 8.00. The largest absolute Gasteiger partial charge is 0.379 e. The third-order valence-corrected chi connectivity index (χ3v) is 6.01. The van der Waals surface area contributed by atoms with Crippen LogP contribution in [0.25, 0.3) is 6.08 Å². The minimum atomic E-state index is -3.62. The Bertz CT molecular complexity index is 911. The second-order valence-corrected chi connectivity index (χ2v) is 7.73. The fourth-order valence-corrected chi connectivity index (χ4v) is 4.11. The summed E-state index contributed by atoms with van der Waals surface area (Å²) >= 11 is 0. The van der Waals surface area contributed by atoms with Crippen LogP contribution in [0.3, 0.4) is 0 Å². The van der Waals surface area contributed by atoms with Crippen molar-refractivity contribution in [1.29, 1.82) is 0 Å². The highest BCUT2D eigenvalue weighted by molar-refractivity contribution is 7.89. The number of hydrogen-bond acceptors (Lipinski definition) is 4. The van der Waals surface area contributed by atoms with Gasteiger partial charge in [-0.15, -0.1) is 0 Å². The van der Waals surface area contributed by atoms with Crippen LogP contribution in [-0.2, 0) is 21.3 Å². The van der Waals surface area contributed by atoms with Crippen LogP contribution >= 0.6 is 0 Å². The molecule has 6 nitrogen and oxygen atoms in total. The number of ether oxygens (including phenoxy) is 1. The fourth-order valence-electron chi connectivity index (χ4n) is 2.68. The zero-order valence-electron chi connectivity index (χ0n) is 13.8. The molecule has 1 aliphatic heterocycles. The molecule has 7 heteroatoms. The molecule has 0 spiro atoms.